The number of hydrogen-bond donors (Lipinski definition) is 2. The van der Waals surface area contributed by atoms with Crippen molar-refractivity contribution in [2.75, 3.05) is 7.11 Å². The number of carbonyl (C=O) groups is 2. The Morgan fingerprint density at radius 3 is 2.13 bits per heavy atom. The van der Waals surface area contributed by atoms with E-state index in [1.807, 2.05) is 0 Å². The fourth-order valence-corrected chi connectivity index (χ4v) is 2.60. The zero-order chi connectivity index (χ0) is 17.0. The zero-order valence-corrected chi connectivity index (χ0v) is 13.7. The molecule has 0 saturated heterocycles. The highest BCUT2D eigenvalue weighted by Crippen LogP contribution is 2.33. The Labute approximate surface area is 143 Å². The van der Waals surface area contributed by atoms with Crippen molar-refractivity contribution < 1.29 is 14.3 Å². The Hall–Kier alpha value is -2.24. The highest BCUT2D eigenvalue weighted by Gasteiger charge is 2.13. The molecule has 0 unspecified atom stereocenters. The standard InChI is InChI=1S/C16H14Cl2N2O3/c1-23-14-12(17)6-11(7-13(14)18)16(22)20-8-9-2-4-10(5-3-9)15(19)21/h2-7H,8H2,1H3,(H2,19,21)(H,20,22). The summed E-state index contributed by atoms with van der Waals surface area (Å²) in [5.74, 6) is -0.495. The summed E-state index contributed by atoms with van der Waals surface area (Å²) < 4.78 is 5.04. The topological polar surface area (TPSA) is 81.4 Å². The van der Waals surface area contributed by atoms with Crippen LogP contribution in [0.5, 0.6) is 5.75 Å². The van der Waals surface area contributed by atoms with Gasteiger partial charge in [0.2, 0.25) is 5.91 Å². The van der Waals surface area contributed by atoms with E-state index in [1.54, 1.807) is 24.3 Å². The molecular weight excluding hydrogens is 339 g/mol. The van der Waals surface area contributed by atoms with Crippen LogP contribution < -0.4 is 15.8 Å². The number of nitrogens with one attached hydrogen (secondary N) is 1. The van der Waals surface area contributed by atoms with Crippen molar-refractivity contribution in [3.8, 4) is 5.75 Å². The van der Waals surface area contributed by atoms with E-state index in [4.69, 9.17) is 33.7 Å². The largest absolute Gasteiger partial charge is 0.494 e. The molecular formula is C16H14Cl2N2O3. The van der Waals surface area contributed by atoms with Gasteiger partial charge in [-0.3, -0.25) is 9.59 Å². The molecule has 0 bridgehead atoms. The summed E-state index contributed by atoms with van der Waals surface area (Å²) in [5, 5.41) is 3.26. The molecule has 0 spiro atoms. The predicted molar refractivity (Wildman–Crippen MR) is 89.1 cm³/mol. The second kappa shape index (κ2) is 7.35. The van der Waals surface area contributed by atoms with Gasteiger partial charge < -0.3 is 15.8 Å². The van der Waals surface area contributed by atoms with Gasteiger partial charge in [-0.05, 0) is 29.8 Å². The molecule has 2 aromatic rings. The van der Waals surface area contributed by atoms with Crippen LogP contribution in [-0.4, -0.2) is 18.9 Å². The number of carbonyl (C=O) groups excluding carboxylic acids is 2. The number of rotatable bonds is 5. The highest BCUT2D eigenvalue weighted by atomic mass is 35.5. The molecule has 0 saturated carbocycles. The van der Waals surface area contributed by atoms with Crippen LogP contribution in [0.4, 0.5) is 0 Å². The number of primary amides is 1. The van der Waals surface area contributed by atoms with Crippen LogP contribution in [0.15, 0.2) is 36.4 Å². The van der Waals surface area contributed by atoms with Gasteiger partial charge in [0, 0.05) is 17.7 Å². The molecule has 0 aromatic heterocycles. The van der Waals surface area contributed by atoms with E-state index in [1.165, 1.54) is 19.2 Å². The van der Waals surface area contributed by atoms with Gasteiger partial charge in [0.05, 0.1) is 17.2 Å². The monoisotopic (exact) mass is 352 g/mol. The lowest BCUT2D eigenvalue weighted by Gasteiger charge is -2.09. The molecule has 0 fully saturated rings. The molecule has 5 nitrogen and oxygen atoms in total. The molecule has 7 heteroatoms. The molecule has 0 atom stereocenters. The van der Waals surface area contributed by atoms with Gasteiger partial charge in [0.15, 0.2) is 5.75 Å². The van der Waals surface area contributed by atoms with Crippen LogP contribution in [0.2, 0.25) is 10.0 Å². The van der Waals surface area contributed by atoms with Crippen LogP contribution in [0.25, 0.3) is 0 Å². The summed E-state index contributed by atoms with van der Waals surface area (Å²) in [6.07, 6.45) is 0. The number of ether oxygens (including phenoxy) is 1. The molecule has 23 heavy (non-hydrogen) atoms. The quantitative estimate of drug-likeness (QED) is 0.867. The van der Waals surface area contributed by atoms with Gasteiger partial charge in [-0.25, -0.2) is 0 Å². The van der Waals surface area contributed by atoms with Crippen molar-refractivity contribution in [2.45, 2.75) is 6.54 Å². The SMILES string of the molecule is COc1c(Cl)cc(C(=O)NCc2ccc(C(N)=O)cc2)cc1Cl. The van der Waals surface area contributed by atoms with E-state index >= 15 is 0 Å². The third-order valence-corrected chi connectivity index (χ3v) is 3.72. The lowest BCUT2D eigenvalue weighted by molar-refractivity contribution is 0.0949. The van der Waals surface area contributed by atoms with Crippen molar-refractivity contribution in [3.05, 3.63) is 63.1 Å². The molecule has 0 radical (unpaired) electrons. The van der Waals surface area contributed by atoms with Crippen molar-refractivity contribution in [2.24, 2.45) is 5.73 Å². The van der Waals surface area contributed by atoms with E-state index in [2.05, 4.69) is 5.32 Å². The summed E-state index contributed by atoms with van der Waals surface area (Å²) >= 11 is 12.0. The van der Waals surface area contributed by atoms with Gasteiger partial charge in [0.1, 0.15) is 0 Å². The van der Waals surface area contributed by atoms with Crippen molar-refractivity contribution in [3.63, 3.8) is 0 Å². The van der Waals surface area contributed by atoms with Gasteiger partial charge in [-0.2, -0.15) is 0 Å². The minimum absolute atomic E-state index is 0.260. The van der Waals surface area contributed by atoms with Gasteiger partial charge in [-0.15, -0.1) is 0 Å². The Morgan fingerprint density at radius 1 is 1.09 bits per heavy atom. The maximum Gasteiger partial charge on any atom is 0.251 e. The summed E-state index contributed by atoms with van der Waals surface area (Å²) in [6.45, 7) is 0.291. The normalized spacial score (nSPS) is 10.2. The van der Waals surface area contributed by atoms with E-state index in [0.29, 0.717) is 23.4 Å². The lowest BCUT2D eigenvalue weighted by Crippen LogP contribution is -2.23. The maximum absolute atomic E-state index is 12.2. The Balaban J connectivity index is 2.06. The summed E-state index contributed by atoms with van der Waals surface area (Å²) in [4.78, 5) is 23.2. The van der Waals surface area contributed by atoms with Crippen molar-refractivity contribution >= 4 is 35.0 Å². The third kappa shape index (κ3) is 4.15. The van der Waals surface area contributed by atoms with Crippen molar-refractivity contribution in [1.82, 2.24) is 5.32 Å². The number of hydrogen-bond acceptors (Lipinski definition) is 3. The maximum atomic E-state index is 12.2. The first-order valence-electron chi connectivity index (χ1n) is 6.62. The molecule has 2 rings (SSSR count). The predicted octanol–water partition coefficient (Wildman–Crippen LogP) is 3.03. The van der Waals surface area contributed by atoms with Crippen LogP contribution >= 0.6 is 23.2 Å². The van der Waals surface area contributed by atoms with Crippen LogP contribution in [0, 0.1) is 0 Å². The van der Waals surface area contributed by atoms with Gasteiger partial charge in [0.25, 0.3) is 5.91 Å². The molecule has 0 aliphatic heterocycles. The fourth-order valence-electron chi connectivity index (χ4n) is 1.96. The number of halogens is 2. The summed E-state index contributed by atoms with van der Waals surface area (Å²) in [7, 11) is 1.45. The van der Waals surface area contributed by atoms with Crippen molar-refractivity contribution in [1.29, 1.82) is 0 Å². The molecule has 2 amide bonds. The first kappa shape index (κ1) is 17.1. The molecule has 120 valence electrons. The first-order chi connectivity index (χ1) is 10.9. The number of methoxy groups -OCH3 is 1. The average Bonchev–Trinajstić information content (AvgIpc) is 2.52. The van der Waals surface area contributed by atoms with Gasteiger partial charge in [-0.1, -0.05) is 35.3 Å². The minimum Gasteiger partial charge on any atom is -0.494 e. The Morgan fingerprint density at radius 2 is 1.65 bits per heavy atom. The second-order valence-electron chi connectivity index (χ2n) is 4.72. The fraction of sp³-hybridized carbons (Fsp3) is 0.125. The van der Waals surface area contributed by atoms with Gasteiger partial charge >= 0.3 is 0 Å². The molecule has 3 N–H and O–H groups in total. The van der Waals surface area contributed by atoms with Crippen LogP contribution in [-0.2, 0) is 6.54 Å². The Kier molecular flexibility index (Phi) is 5.47. The summed E-state index contributed by atoms with van der Waals surface area (Å²) in [6, 6.07) is 9.61. The Bertz CT molecular complexity index is 722. The van der Waals surface area contributed by atoms with E-state index in [9.17, 15) is 9.59 Å². The second-order valence-corrected chi connectivity index (χ2v) is 5.53. The summed E-state index contributed by atoms with van der Waals surface area (Å²) in [5.41, 5.74) is 6.74. The minimum atomic E-state index is -0.497. The van der Waals surface area contributed by atoms with E-state index in [-0.39, 0.29) is 16.0 Å². The molecule has 0 heterocycles. The zero-order valence-electron chi connectivity index (χ0n) is 12.2. The third-order valence-electron chi connectivity index (χ3n) is 3.16. The first-order valence-corrected chi connectivity index (χ1v) is 7.38. The number of nitrogens with two attached hydrogens (primary N) is 1. The van der Waals surface area contributed by atoms with E-state index in [0.717, 1.165) is 5.56 Å². The van der Waals surface area contributed by atoms with Crippen LogP contribution in [0.1, 0.15) is 26.3 Å². The number of amides is 2. The van der Waals surface area contributed by atoms with E-state index < -0.39 is 5.91 Å². The molecule has 0 aliphatic rings. The average molecular weight is 353 g/mol. The molecule has 2 aromatic carbocycles. The lowest BCUT2D eigenvalue weighted by atomic mass is 10.1. The smallest absolute Gasteiger partial charge is 0.251 e. The number of benzene rings is 2. The molecule has 0 aliphatic carbocycles. The van der Waals surface area contributed by atoms with Crippen LogP contribution in [0.3, 0.4) is 0 Å². The highest BCUT2D eigenvalue weighted by molar-refractivity contribution is 6.37.